The fraction of sp³-hybridized carbons (Fsp3) is 0.969. The highest BCUT2D eigenvalue weighted by molar-refractivity contribution is 5.73. The largest absolute Gasteiger partial charge is 0.394 e. The van der Waals surface area contributed by atoms with Gasteiger partial charge in [0, 0.05) is 6.92 Å². The standard InChI is InChI=1S/C32H55NO25/c1-7-14(39)17(42)21(46)30(50-7)57-26-13(33-8(2)38)29(54-12(6-37)25(26)56-31-22(47)18(43)15(40)9(3-34)52-31)58-27-16(41)10(4-35)53-32(23(27)48)55-24-11(5-36)51-28(49)20(45)19(24)44/h7,9-32,34-37,39-49H,3-6H2,1-2H3,(H,33,38)/t7-,9-,10-,11-,12-,13-,14+,15+,16+,17+,18+,19-,20-,21-,22-,23-,24-,25-,26-,27+,28?,29+,30-,31+,32+/m1/s1. The number of rotatable bonds is 13. The molecule has 0 saturated carbocycles. The van der Waals surface area contributed by atoms with Crippen molar-refractivity contribution >= 4 is 5.91 Å². The summed E-state index contributed by atoms with van der Waals surface area (Å²) in [6, 6.07) is -1.73. The minimum absolute atomic E-state index is 0.830. The third-order valence-corrected chi connectivity index (χ3v) is 10.7. The lowest BCUT2D eigenvalue weighted by molar-refractivity contribution is -0.391. The number of aliphatic hydroxyl groups is 15. The van der Waals surface area contributed by atoms with Crippen LogP contribution in [0.25, 0.3) is 0 Å². The number of hydrogen-bond acceptors (Lipinski definition) is 25. The molecule has 5 aliphatic heterocycles. The molecule has 5 saturated heterocycles. The Morgan fingerprint density at radius 1 is 0.448 bits per heavy atom. The minimum atomic E-state index is -2.12. The lowest BCUT2D eigenvalue weighted by atomic mass is 9.93. The van der Waals surface area contributed by atoms with Crippen molar-refractivity contribution < 1.29 is 124 Å². The highest BCUT2D eigenvalue weighted by Crippen LogP contribution is 2.36. The molecular formula is C32H55NO25. The fourth-order valence-corrected chi connectivity index (χ4v) is 7.37. The summed E-state index contributed by atoms with van der Waals surface area (Å²) in [7, 11) is 0. The number of carbonyl (C=O) groups is 1. The predicted octanol–water partition coefficient (Wildman–Crippen LogP) is -10.8. The summed E-state index contributed by atoms with van der Waals surface area (Å²) >= 11 is 0. The molecule has 5 heterocycles. The van der Waals surface area contributed by atoms with Gasteiger partial charge in [-0.05, 0) is 6.92 Å². The van der Waals surface area contributed by atoms with E-state index < -0.39 is 186 Å². The smallest absolute Gasteiger partial charge is 0.217 e. The molecule has 0 spiro atoms. The number of ether oxygens (including phenoxy) is 9. The summed E-state index contributed by atoms with van der Waals surface area (Å²) in [6.45, 7) is -1.36. The first-order chi connectivity index (χ1) is 27.4. The second kappa shape index (κ2) is 20.1. The average Bonchev–Trinajstić information content (AvgIpc) is 3.19. The van der Waals surface area contributed by atoms with E-state index >= 15 is 0 Å². The van der Waals surface area contributed by atoms with Gasteiger partial charge in [0.2, 0.25) is 5.91 Å². The van der Waals surface area contributed by atoms with Crippen LogP contribution in [0.2, 0.25) is 0 Å². The Morgan fingerprint density at radius 3 is 1.47 bits per heavy atom. The summed E-state index contributed by atoms with van der Waals surface area (Å²) in [6.07, 6.45) is -43.6. The number of hydrogen-bond donors (Lipinski definition) is 16. The van der Waals surface area contributed by atoms with E-state index in [1.54, 1.807) is 0 Å². The fourth-order valence-electron chi connectivity index (χ4n) is 7.37. The lowest BCUT2D eigenvalue weighted by Crippen LogP contribution is -2.71. The third-order valence-electron chi connectivity index (χ3n) is 10.7. The van der Waals surface area contributed by atoms with Crippen LogP contribution in [0.15, 0.2) is 0 Å². The van der Waals surface area contributed by atoms with Crippen molar-refractivity contribution in [2.45, 2.75) is 167 Å². The van der Waals surface area contributed by atoms with Gasteiger partial charge in [0.25, 0.3) is 0 Å². The van der Waals surface area contributed by atoms with Gasteiger partial charge in [0.1, 0.15) is 116 Å². The first-order valence-corrected chi connectivity index (χ1v) is 18.5. The molecule has 0 radical (unpaired) electrons. The van der Waals surface area contributed by atoms with Crippen LogP contribution in [0.3, 0.4) is 0 Å². The van der Waals surface area contributed by atoms with Gasteiger partial charge in [-0.3, -0.25) is 4.79 Å². The second-order valence-electron chi connectivity index (χ2n) is 14.7. The maximum atomic E-state index is 12.8. The van der Waals surface area contributed by atoms with Gasteiger partial charge in [0.15, 0.2) is 31.5 Å². The van der Waals surface area contributed by atoms with E-state index in [1.165, 1.54) is 6.92 Å². The van der Waals surface area contributed by atoms with Gasteiger partial charge in [-0.15, -0.1) is 0 Å². The molecule has 25 atom stereocenters. The molecule has 58 heavy (non-hydrogen) atoms. The molecule has 1 unspecified atom stereocenters. The molecule has 0 aromatic rings. The van der Waals surface area contributed by atoms with Crippen molar-refractivity contribution in [1.29, 1.82) is 0 Å². The van der Waals surface area contributed by atoms with Crippen LogP contribution >= 0.6 is 0 Å². The SMILES string of the molecule is CC(=O)N[C@H]1[C@H](O[C@H]2[C@@H](O)[C@@H](CO)O[C@@H](O[C@H]3[C@H](O)[C@@H](O)C(O)O[C@@H]3CO)[C@@H]2O)O[C@H](CO)[C@@H](O[C@@H]2O[C@H](CO)[C@H](O)[C@H](O)[C@H]2O)[C@@H]1O[C@H]1O[C@H](C)[C@H](O)[C@H](O)[C@H]1O. The molecule has 5 aliphatic rings. The highest BCUT2D eigenvalue weighted by Gasteiger charge is 2.57. The van der Waals surface area contributed by atoms with Gasteiger partial charge in [-0.25, -0.2) is 0 Å². The van der Waals surface area contributed by atoms with E-state index in [0.29, 0.717) is 0 Å². The molecule has 0 aromatic carbocycles. The van der Waals surface area contributed by atoms with Crippen molar-refractivity contribution in [3.63, 3.8) is 0 Å². The lowest BCUT2D eigenvalue weighted by Gasteiger charge is -2.51. The van der Waals surface area contributed by atoms with Crippen LogP contribution in [0.5, 0.6) is 0 Å². The predicted molar refractivity (Wildman–Crippen MR) is 177 cm³/mol. The molecule has 0 aromatic heterocycles. The zero-order chi connectivity index (χ0) is 42.9. The van der Waals surface area contributed by atoms with Crippen LogP contribution < -0.4 is 5.32 Å². The molecule has 26 heteroatoms. The first-order valence-electron chi connectivity index (χ1n) is 18.5. The third kappa shape index (κ3) is 9.75. The van der Waals surface area contributed by atoms with Gasteiger partial charge < -0.3 is 125 Å². The Bertz CT molecular complexity index is 1300. The van der Waals surface area contributed by atoms with E-state index in [2.05, 4.69) is 5.32 Å². The monoisotopic (exact) mass is 853 g/mol. The van der Waals surface area contributed by atoms with E-state index in [4.69, 9.17) is 42.6 Å². The molecule has 26 nitrogen and oxygen atoms in total. The maximum absolute atomic E-state index is 12.8. The summed E-state index contributed by atoms with van der Waals surface area (Å²) in [5.41, 5.74) is 0. The van der Waals surface area contributed by atoms with Crippen LogP contribution in [0, 0.1) is 0 Å². The van der Waals surface area contributed by atoms with Crippen molar-refractivity contribution in [2.75, 3.05) is 26.4 Å². The van der Waals surface area contributed by atoms with E-state index in [1.807, 2.05) is 0 Å². The number of amides is 1. The summed E-state index contributed by atoms with van der Waals surface area (Å²) in [5, 5.41) is 159. The zero-order valence-electron chi connectivity index (χ0n) is 31.1. The van der Waals surface area contributed by atoms with Crippen LogP contribution in [0.1, 0.15) is 13.8 Å². The van der Waals surface area contributed by atoms with Crippen LogP contribution in [-0.2, 0) is 47.4 Å². The Kier molecular flexibility index (Phi) is 16.5. The van der Waals surface area contributed by atoms with Gasteiger partial charge in [-0.1, -0.05) is 0 Å². The van der Waals surface area contributed by atoms with Crippen molar-refractivity contribution in [3.8, 4) is 0 Å². The topological polar surface area (TPSA) is 416 Å². The van der Waals surface area contributed by atoms with Gasteiger partial charge in [-0.2, -0.15) is 0 Å². The Balaban J connectivity index is 1.50. The average molecular weight is 854 g/mol. The zero-order valence-corrected chi connectivity index (χ0v) is 31.1. The van der Waals surface area contributed by atoms with E-state index in [9.17, 15) is 81.4 Å². The number of carbonyl (C=O) groups excluding carboxylic acids is 1. The first kappa shape index (κ1) is 47.6. The van der Waals surface area contributed by atoms with Crippen molar-refractivity contribution in [1.82, 2.24) is 5.32 Å². The van der Waals surface area contributed by atoms with Gasteiger partial charge in [0.05, 0.1) is 32.5 Å². The minimum Gasteiger partial charge on any atom is -0.394 e. The number of aliphatic hydroxyl groups excluding tert-OH is 15. The Labute approximate surface area is 329 Å². The summed E-state index contributed by atoms with van der Waals surface area (Å²) in [4.78, 5) is 12.8. The Morgan fingerprint density at radius 2 is 0.897 bits per heavy atom. The van der Waals surface area contributed by atoms with Crippen molar-refractivity contribution in [3.05, 3.63) is 0 Å². The molecule has 0 bridgehead atoms. The molecule has 5 rings (SSSR count). The second-order valence-corrected chi connectivity index (χ2v) is 14.7. The van der Waals surface area contributed by atoms with E-state index in [0.717, 1.165) is 6.92 Å². The molecular weight excluding hydrogens is 798 g/mol. The molecule has 5 fully saturated rings. The normalized spacial score (nSPS) is 51.6. The van der Waals surface area contributed by atoms with E-state index in [-0.39, 0.29) is 0 Å². The summed E-state index contributed by atoms with van der Waals surface area (Å²) < 4.78 is 51.4. The highest BCUT2D eigenvalue weighted by atomic mass is 16.8. The van der Waals surface area contributed by atoms with Crippen molar-refractivity contribution in [2.24, 2.45) is 0 Å². The summed E-state index contributed by atoms with van der Waals surface area (Å²) in [5.74, 6) is -0.830. The van der Waals surface area contributed by atoms with Crippen LogP contribution in [-0.4, -0.2) is 262 Å². The molecule has 0 aliphatic carbocycles. The molecule has 16 N–H and O–H groups in total. The quantitative estimate of drug-likeness (QED) is 0.0818. The Hall–Kier alpha value is -1.49. The molecule has 338 valence electrons. The van der Waals surface area contributed by atoms with Crippen LogP contribution in [0.4, 0.5) is 0 Å². The van der Waals surface area contributed by atoms with Gasteiger partial charge >= 0.3 is 0 Å². The number of nitrogens with one attached hydrogen (secondary N) is 1. The molecule has 1 amide bonds. The maximum Gasteiger partial charge on any atom is 0.217 e.